The van der Waals surface area contributed by atoms with Crippen LogP contribution in [0.5, 0.6) is 0 Å². The van der Waals surface area contributed by atoms with Crippen LogP contribution in [0.2, 0.25) is 0 Å². The minimum Gasteiger partial charge on any atom is -0.383 e. The molecule has 2 N–H and O–H groups in total. The topological polar surface area (TPSA) is 40.2 Å². The van der Waals surface area contributed by atoms with Gasteiger partial charge in [0.05, 0.1) is 28.2 Å². The Morgan fingerprint density at radius 1 is 1.22 bits per heavy atom. The second-order valence-corrected chi connectivity index (χ2v) is 10.1. The molecule has 2 unspecified atom stereocenters. The molecule has 1 fully saturated rings. The summed E-state index contributed by atoms with van der Waals surface area (Å²) in [5.74, 6) is 0. The number of aryl methyl sites for hydroxylation is 1. The molecule has 1 aliphatic rings. The van der Waals surface area contributed by atoms with Crippen LogP contribution in [0, 0.1) is 12.3 Å². The van der Waals surface area contributed by atoms with E-state index in [2.05, 4.69) is 85.6 Å². The fraction of sp³-hybridized carbons (Fsp3) is 0.519. The Hall–Kier alpha value is -2.11. The van der Waals surface area contributed by atoms with Crippen molar-refractivity contribution in [2.24, 2.45) is 5.41 Å². The van der Waals surface area contributed by atoms with Crippen LogP contribution < -0.4 is 10.6 Å². The first kappa shape index (κ1) is 26.1. The molecule has 0 spiro atoms. The van der Waals surface area contributed by atoms with Gasteiger partial charge >= 0.3 is 0 Å². The Labute approximate surface area is 199 Å². The number of nitrogens with one attached hydrogen (secondary N) is 2. The normalized spacial score (nSPS) is 16.8. The second kappa shape index (κ2) is 11.7. The van der Waals surface area contributed by atoms with Crippen molar-refractivity contribution in [2.45, 2.75) is 73.0 Å². The van der Waals surface area contributed by atoms with Crippen molar-refractivity contribution in [2.75, 3.05) is 13.6 Å². The van der Waals surface area contributed by atoms with Gasteiger partial charge in [0.2, 0.25) is 0 Å². The standard InChI is InChI=1S/C25H36N4S.C2H6/c1-17(22-9-8-14-29(22)19(3)24(26-7)25(4,5)6)27-15-20-10-12-21(13-11-20)23-18(2)28-16-30-23;1-2/h10-13,16,22,24,26-27H,1,3,8-9,14-15H2,2,4-7H3;1-2H3. The van der Waals surface area contributed by atoms with Gasteiger partial charge in [-0.05, 0) is 43.4 Å². The predicted octanol–water partition coefficient (Wildman–Crippen LogP) is 6.36. The fourth-order valence-corrected chi connectivity index (χ4v) is 5.24. The summed E-state index contributed by atoms with van der Waals surface area (Å²) >= 11 is 1.69. The van der Waals surface area contributed by atoms with Gasteiger partial charge in [-0.2, -0.15) is 0 Å². The molecule has 1 aliphatic heterocycles. The molecule has 2 atom stereocenters. The van der Waals surface area contributed by atoms with Crippen LogP contribution in [-0.4, -0.2) is 35.6 Å². The molecule has 0 aliphatic carbocycles. The van der Waals surface area contributed by atoms with Crippen LogP contribution in [0.15, 0.2) is 54.3 Å². The van der Waals surface area contributed by atoms with Gasteiger partial charge in [0.1, 0.15) is 0 Å². The van der Waals surface area contributed by atoms with Gasteiger partial charge in [-0.15, -0.1) is 11.3 Å². The number of thiazole rings is 1. The van der Waals surface area contributed by atoms with Crippen molar-refractivity contribution in [3.8, 4) is 10.4 Å². The van der Waals surface area contributed by atoms with E-state index < -0.39 is 0 Å². The first-order chi connectivity index (χ1) is 15.2. The van der Waals surface area contributed by atoms with E-state index >= 15 is 0 Å². The summed E-state index contributed by atoms with van der Waals surface area (Å²) in [6.07, 6.45) is 2.29. The number of hydrogen-bond acceptors (Lipinski definition) is 5. The minimum absolute atomic E-state index is 0.117. The number of likely N-dealkylation sites (tertiary alicyclic amines) is 1. The second-order valence-electron chi connectivity index (χ2n) is 9.27. The third kappa shape index (κ3) is 6.23. The monoisotopic (exact) mass is 454 g/mol. The summed E-state index contributed by atoms with van der Waals surface area (Å²) in [4.78, 5) is 8.04. The van der Waals surface area contributed by atoms with Crippen molar-refractivity contribution in [3.05, 3.63) is 65.6 Å². The van der Waals surface area contributed by atoms with Crippen LogP contribution >= 0.6 is 11.3 Å². The lowest BCUT2D eigenvalue weighted by molar-refractivity contribution is 0.236. The zero-order valence-corrected chi connectivity index (χ0v) is 21.9. The first-order valence-corrected chi connectivity index (χ1v) is 12.6. The number of nitrogens with zero attached hydrogens (tertiary/aromatic N) is 2. The molecule has 1 aromatic carbocycles. The third-order valence-corrected chi connectivity index (χ3v) is 6.97. The highest BCUT2D eigenvalue weighted by Crippen LogP contribution is 2.32. The maximum absolute atomic E-state index is 4.46. The molecule has 1 aromatic heterocycles. The number of hydrogen-bond donors (Lipinski definition) is 2. The average Bonchev–Trinajstić information content (AvgIpc) is 3.42. The molecular formula is C27H42N4S. The van der Waals surface area contributed by atoms with Gasteiger partial charge in [-0.3, -0.25) is 0 Å². The number of rotatable bonds is 8. The quantitative estimate of drug-likeness (QED) is 0.487. The van der Waals surface area contributed by atoms with Gasteiger partial charge in [-0.25, -0.2) is 4.98 Å². The molecule has 5 heteroatoms. The Kier molecular flexibility index (Phi) is 9.53. The molecule has 32 heavy (non-hydrogen) atoms. The molecule has 2 heterocycles. The molecule has 2 aromatic rings. The fourth-order valence-electron chi connectivity index (χ4n) is 4.42. The summed E-state index contributed by atoms with van der Waals surface area (Å²) in [7, 11) is 2.02. The SMILES string of the molecule is C=C(NCc1ccc(-c2scnc2C)cc1)C1CCCN1C(=C)C(NC)C(C)(C)C.CC. The van der Waals surface area contributed by atoms with Crippen LogP contribution in [0.3, 0.4) is 0 Å². The van der Waals surface area contributed by atoms with Crippen molar-refractivity contribution in [1.82, 2.24) is 20.5 Å². The summed E-state index contributed by atoms with van der Waals surface area (Å²) in [5, 5.41) is 7.04. The van der Waals surface area contributed by atoms with Crippen molar-refractivity contribution in [1.29, 1.82) is 0 Å². The molecule has 0 amide bonds. The van der Waals surface area contributed by atoms with E-state index in [-0.39, 0.29) is 11.5 Å². The van der Waals surface area contributed by atoms with E-state index in [9.17, 15) is 0 Å². The number of likely N-dealkylation sites (N-methyl/N-ethyl adjacent to an activating group) is 1. The van der Waals surface area contributed by atoms with E-state index in [4.69, 9.17) is 0 Å². The lowest BCUT2D eigenvalue weighted by Crippen LogP contribution is -2.47. The van der Waals surface area contributed by atoms with Crippen molar-refractivity contribution < 1.29 is 0 Å². The van der Waals surface area contributed by atoms with Crippen molar-refractivity contribution >= 4 is 11.3 Å². The minimum atomic E-state index is 0.117. The summed E-state index contributed by atoms with van der Waals surface area (Å²) in [5.41, 5.74) is 7.86. The largest absolute Gasteiger partial charge is 0.383 e. The maximum atomic E-state index is 4.46. The lowest BCUT2D eigenvalue weighted by atomic mass is 9.84. The van der Waals surface area contributed by atoms with E-state index in [1.807, 2.05) is 26.4 Å². The first-order valence-electron chi connectivity index (χ1n) is 11.8. The van der Waals surface area contributed by atoms with Gasteiger partial charge in [-0.1, -0.05) is 72.0 Å². The smallest absolute Gasteiger partial charge is 0.0801 e. The molecule has 176 valence electrons. The summed E-state index contributed by atoms with van der Waals surface area (Å²) in [6, 6.07) is 9.30. The van der Waals surface area contributed by atoms with E-state index in [1.165, 1.54) is 28.1 Å². The summed E-state index contributed by atoms with van der Waals surface area (Å²) in [6.45, 7) is 23.5. The average molecular weight is 455 g/mol. The van der Waals surface area contributed by atoms with Crippen LogP contribution in [0.25, 0.3) is 10.4 Å². The molecule has 0 radical (unpaired) electrons. The molecule has 0 bridgehead atoms. The highest BCUT2D eigenvalue weighted by atomic mass is 32.1. The highest BCUT2D eigenvalue weighted by Gasteiger charge is 2.34. The number of aromatic nitrogens is 1. The maximum Gasteiger partial charge on any atom is 0.0801 e. The molecule has 0 saturated carbocycles. The van der Waals surface area contributed by atoms with Gasteiger partial charge in [0.25, 0.3) is 0 Å². The van der Waals surface area contributed by atoms with Crippen LogP contribution in [0.4, 0.5) is 0 Å². The van der Waals surface area contributed by atoms with Gasteiger partial charge in [0, 0.05) is 24.5 Å². The Morgan fingerprint density at radius 3 is 2.41 bits per heavy atom. The van der Waals surface area contributed by atoms with E-state index in [1.54, 1.807) is 11.3 Å². The zero-order valence-electron chi connectivity index (χ0n) is 21.1. The molecule has 4 nitrogen and oxygen atoms in total. The zero-order chi connectivity index (χ0) is 23.9. The Bertz CT molecular complexity index is 876. The lowest BCUT2D eigenvalue weighted by Gasteiger charge is -2.39. The van der Waals surface area contributed by atoms with Gasteiger partial charge in [0.15, 0.2) is 0 Å². The predicted molar refractivity (Wildman–Crippen MR) is 141 cm³/mol. The van der Waals surface area contributed by atoms with E-state index in [0.717, 1.165) is 30.9 Å². The highest BCUT2D eigenvalue weighted by molar-refractivity contribution is 7.13. The van der Waals surface area contributed by atoms with Crippen molar-refractivity contribution in [3.63, 3.8) is 0 Å². The van der Waals surface area contributed by atoms with E-state index in [0.29, 0.717) is 6.04 Å². The van der Waals surface area contributed by atoms with Crippen LogP contribution in [-0.2, 0) is 6.54 Å². The molecular weight excluding hydrogens is 412 g/mol. The van der Waals surface area contributed by atoms with Gasteiger partial charge < -0.3 is 15.5 Å². The molecule has 3 rings (SSSR count). The van der Waals surface area contributed by atoms with Crippen LogP contribution in [0.1, 0.15) is 58.7 Å². The number of benzene rings is 1. The Balaban J connectivity index is 0.00000176. The summed E-state index contributed by atoms with van der Waals surface area (Å²) < 4.78 is 0. The molecule has 1 saturated heterocycles. The third-order valence-electron chi connectivity index (χ3n) is 5.99. The Morgan fingerprint density at radius 2 is 1.88 bits per heavy atom.